The van der Waals surface area contributed by atoms with Gasteiger partial charge in [-0.1, -0.05) is 36.4 Å². The molecule has 1 aliphatic rings. The fourth-order valence-corrected chi connectivity index (χ4v) is 6.62. The van der Waals surface area contributed by atoms with Crippen LogP contribution in [0.15, 0.2) is 46.5 Å². The van der Waals surface area contributed by atoms with E-state index < -0.39 is 0 Å². The number of nitrogens with one attached hydrogen (secondary N) is 1. The van der Waals surface area contributed by atoms with Crippen molar-refractivity contribution in [2.75, 3.05) is 5.75 Å². The number of H-pyrrole nitrogens is 1. The van der Waals surface area contributed by atoms with Crippen molar-refractivity contribution in [3.05, 3.63) is 73.6 Å². The first-order chi connectivity index (χ1) is 15.4. The molecular formula is C24H22ClN3O2S2. The van der Waals surface area contributed by atoms with Gasteiger partial charge >= 0.3 is 0 Å². The first kappa shape index (κ1) is 21.5. The average Bonchev–Trinajstić information content (AvgIpc) is 3.42. The monoisotopic (exact) mass is 483 g/mol. The molecule has 1 N–H and O–H groups in total. The lowest BCUT2D eigenvalue weighted by molar-refractivity contribution is 0.101. The van der Waals surface area contributed by atoms with E-state index in [0.717, 1.165) is 35.2 Å². The summed E-state index contributed by atoms with van der Waals surface area (Å²) in [5.41, 5.74) is 3.21. The predicted octanol–water partition coefficient (Wildman–Crippen LogP) is 5.84. The van der Waals surface area contributed by atoms with E-state index in [1.54, 1.807) is 40.3 Å². The lowest BCUT2D eigenvalue weighted by Gasteiger charge is -2.18. The summed E-state index contributed by atoms with van der Waals surface area (Å²) in [5.74, 6) is 0.753. The number of ketones is 1. The number of aryl methyl sites for hydroxylation is 2. The highest BCUT2D eigenvalue weighted by Gasteiger charge is 2.25. The molecule has 32 heavy (non-hydrogen) atoms. The normalized spacial score (nSPS) is 15.8. The van der Waals surface area contributed by atoms with E-state index in [1.165, 1.54) is 16.6 Å². The van der Waals surface area contributed by atoms with Gasteiger partial charge in [0.1, 0.15) is 4.83 Å². The molecule has 0 bridgehead atoms. The third-order valence-electron chi connectivity index (χ3n) is 5.94. The van der Waals surface area contributed by atoms with Crippen molar-refractivity contribution < 1.29 is 4.79 Å². The summed E-state index contributed by atoms with van der Waals surface area (Å²) in [6, 6.07) is 9.12. The van der Waals surface area contributed by atoms with E-state index in [9.17, 15) is 9.59 Å². The summed E-state index contributed by atoms with van der Waals surface area (Å²) in [7, 11) is 0. The Hall–Kier alpha value is -2.35. The molecule has 1 aliphatic carbocycles. The second-order valence-corrected chi connectivity index (χ2v) is 10.7. The minimum absolute atomic E-state index is 0.0397. The minimum Gasteiger partial charge on any atom is -0.359 e. The molecule has 0 saturated carbocycles. The third kappa shape index (κ3) is 3.83. The highest BCUT2D eigenvalue weighted by molar-refractivity contribution is 7.99. The maximum atomic E-state index is 13.8. The van der Waals surface area contributed by atoms with Crippen molar-refractivity contribution in [3.8, 4) is 5.69 Å². The summed E-state index contributed by atoms with van der Waals surface area (Å²) in [5, 5.41) is 1.82. The fourth-order valence-electron chi connectivity index (χ4n) is 4.13. The summed E-state index contributed by atoms with van der Waals surface area (Å²) >= 11 is 9.29. The number of hydrogen-bond acceptors (Lipinski definition) is 5. The van der Waals surface area contributed by atoms with Crippen LogP contribution in [0.5, 0.6) is 0 Å². The lowest BCUT2D eigenvalue weighted by Crippen LogP contribution is -2.23. The zero-order valence-corrected chi connectivity index (χ0v) is 20.2. The molecule has 3 aromatic heterocycles. The topological polar surface area (TPSA) is 67.8 Å². The molecule has 0 radical (unpaired) electrons. The summed E-state index contributed by atoms with van der Waals surface area (Å²) in [6.07, 6.45) is 4.69. The largest absolute Gasteiger partial charge is 0.359 e. The number of carbonyl (C=O) groups excluding carboxylic acids is 1. The molecule has 0 saturated heterocycles. The van der Waals surface area contributed by atoms with Crippen LogP contribution in [0.2, 0.25) is 5.02 Å². The predicted molar refractivity (Wildman–Crippen MR) is 132 cm³/mol. The van der Waals surface area contributed by atoms with Gasteiger partial charge in [0.2, 0.25) is 0 Å². The molecule has 1 atom stereocenters. The molecule has 1 unspecified atom stereocenters. The summed E-state index contributed by atoms with van der Waals surface area (Å²) in [6.45, 7) is 4.18. The number of aromatic amines is 1. The third-order valence-corrected chi connectivity index (χ3v) is 8.44. The Bertz CT molecular complexity index is 1390. The Balaban J connectivity index is 1.65. The van der Waals surface area contributed by atoms with E-state index in [2.05, 4.69) is 11.9 Å². The second-order valence-electron chi connectivity index (χ2n) is 8.30. The molecule has 0 aliphatic heterocycles. The Kier molecular flexibility index (Phi) is 5.73. The molecule has 5 rings (SSSR count). The fraction of sp³-hybridized carbons (Fsp3) is 0.292. The van der Waals surface area contributed by atoms with Gasteiger partial charge in [0.05, 0.1) is 22.5 Å². The van der Waals surface area contributed by atoms with Crippen LogP contribution in [0.25, 0.3) is 15.9 Å². The standard InChI is InChI=1S/C24H22ClN3O2S2/c1-13-5-8-16-20(10-13)32-22-21(16)23(30)28(15-7-6-14(2)17(25)11-15)24(27-22)31-12-19(29)18-4-3-9-26-18/h3-4,6-7,9,11,13,26H,5,8,10,12H2,1-2H3. The number of fused-ring (bicyclic) bond motifs is 3. The second kappa shape index (κ2) is 8.54. The van der Waals surface area contributed by atoms with E-state index in [-0.39, 0.29) is 17.1 Å². The zero-order chi connectivity index (χ0) is 22.4. The lowest BCUT2D eigenvalue weighted by atomic mass is 9.89. The van der Waals surface area contributed by atoms with Gasteiger partial charge in [-0.05, 0) is 67.5 Å². The molecular weight excluding hydrogens is 462 g/mol. The highest BCUT2D eigenvalue weighted by Crippen LogP contribution is 2.37. The Morgan fingerprint density at radius 3 is 2.97 bits per heavy atom. The summed E-state index contributed by atoms with van der Waals surface area (Å²) in [4.78, 5) is 36.3. The Morgan fingerprint density at radius 1 is 1.38 bits per heavy atom. The zero-order valence-electron chi connectivity index (χ0n) is 17.8. The van der Waals surface area contributed by atoms with Gasteiger partial charge in [0, 0.05) is 16.1 Å². The molecule has 0 fully saturated rings. The highest BCUT2D eigenvalue weighted by atomic mass is 35.5. The molecule has 1 aromatic carbocycles. The van der Waals surface area contributed by atoms with Crippen LogP contribution in [0.3, 0.4) is 0 Å². The van der Waals surface area contributed by atoms with Gasteiger partial charge in [-0.15, -0.1) is 11.3 Å². The van der Waals surface area contributed by atoms with Crippen molar-refractivity contribution in [1.82, 2.24) is 14.5 Å². The number of hydrogen-bond donors (Lipinski definition) is 1. The van der Waals surface area contributed by atoms with Crippen molar-refractivity contribution in [1.29, 1.82) is 0 Å². The number of halogens is 1. The maximum absolute atomic E-state index is 13.8. The number of thioether (sulfide) groups is 1. The molecule has 0 amide bonds. The number of thiophene rings is 1. The van der Waals surface area contributed by atoms with E-state index in [0.29, 0.717) is 32.9 Å². The number of nitrogens with zero attached hydrogens (tertiary/aromatic N) is 2. The van der Waals surface area contributed by atoms with Crippen molar-refractivity contribution in [2.24, 2.45) is 5.92 Å². The Labute approximate surface area is 198 Å². The first-order valence-electron chi connectivity index (χ1n) is 10.6. The van der Waals surface area contributed by atoms with Gasteiger partial charge in [-0.25, -0.2) is 4.98 Å². The van der Waals surface area contributed by atoms with Crippen molar-refractivity contribution >= 4 is 50.7 Å². The summed E-state index contributed by atoms with van der Waals surface area (Å²) < 4.78 is 1.62. The maximum Gasteiger partial charge on any atom is 0.267 e. The Morgan fingerprint density at radius 2 is 2.22 bits per heavy atom. The smallest absolute Gasteiger partial charge is 0.267 e. The van der Waals surface area contributed by atoms with Crippen LogP contribution < -0.4 is 5.56 Å². The van der Waals surface area contributed by atoms with Crippen LogP contribution in [-0.4, -0.2) is 26.1 Å². The number of aromatic nitrogens is 3. The SMILES string of the molecule is Cc1ccc(-n2c(SCC(=O)c3ccc[nH]3)nc3sc4c(c3c2=O)CCC(C)C4)cc1Cl. The number of benzene rings is 1. The van der Waals surface area contributed by atoms with Crippen LogP contribution in [0.1, 0.15) is 39.8 Å². The van der Waals surface area contributed by atoms with Gasteiger partial charge in [-0.2, -0.15) is 0 Å². The number of rotatable bonds is 5. The molecule has 5 nitrogen and oxygen atoms in total. The first-order valence-corrected chi connectivity index (χ1v) is 12.7. The number of Topliss-reactive ketones (excluding diaryl/α,β-unsaturated/α-hetero) is 1. The molecule has 4 aromatic rings. The molecule has 164 valence electrons. The van der Waals surface area contributed by atoms with Crippen LogP contribution in [0.4, 0.5) is 0 Å². The molecule has 3 heterocycles. The van der Waals surface area contributed by atoms with E-state index in [4.69, 9.17) is 16.6 Å². The van der Waals surface area contributed by atoms with Gasteiger partial charge < -0.3 is 4.98 Å². The van der Waals surface area contributed by atoms with Gasteiger partial charge in [0.15, 0.2) is 10.9 Å². The molecule has 0 spiro atoms. The van der Waals surface area contributed by atoms with Crippen molar-refractivity contribution in [3.63, 3.8) is 0 Å². The minimum atomic E-state index is -0.0863. The van der Waals surface area contributed by atoms with Gasteiger partial charge in [0.25, 0.3) is 5.56 Å². The van der Waals surface area contributed by atoms with Crippen LogP contribution in [-0.2, 0) is 12.8 Å². The van der Waals surface area contributed by atoms with Crippen LogP contribution >= 0.6 is 34.7 Å². The van der Waals surface area contributed by atoms with E-state index >= 15 is 0 Å². The molecule has 8 heteroatoms. The number of carbonyl (C=O) groups is 1. The quantitative estimate of drug-likeness (QED) is 0.220. The van der Waals surface area contributed by atoms with Crippen LogP contribution in [0, 0.1) is 12.8 Å². The van der Waals surface area contributed by atoms with Crippen molar-refractivity contribution in [2.45, 2.75) is 38.3 Å². The average molecular weight is 484 g/mol. The van der Waals surface area contributed by atoms with Gasteiger partial charge in [-0.3, -0.25) is 14.2 Å². The van der Waals surface area contributed by atoms with E-state index in [1.807, 2.05) is 19.1 Å².